The van der Waals surface area contributed by atoms with E-state index in [0.29, 0.717) is 6.54 Å². The zero-order valence-electron chi connectivity index (χ0n) is 33.9. The Hall–Kier alpha value is -8.11. The minimum Gasteiger partial charge on any atom is -0.310 e. The fraction of sp³-hybridized carbons (Fsp3) is 0.0357. The summed E-state index contributed by atoms with van der Waals surface area (Å²) in [5.74, 6) is 0. The van der Waals surface area contributed by atoms with Crippen LogP contribution in [0, 0.1) is 6.92 Å². The van der Waals surface area contributed by atoms with Crippen LogP contribution >= 0.6 is 0 Å². The van der Waals surface area contributed by atoms with E-state index in [9.17, 15) is 0 Å². The third-order valence-corrected chi connectivity index (χ3v) is 11.0. The summed E-state index contributed by atoms with van der Waals surface area (Å²) in [5, 5.41) is 3.81. The van der Waals surface area contributed by atoms with Crippen molar-refractivity contribution in [1.29, 1.82) is 0 Å². The highest BCUT2D eigenvalue weighted by atomic mass is 15.2. The summed E-state index contributed by atoms with van der Waals surface area (Å²) in [4.78, 5) is 7.53. The molecule has 0 amide bonds. The Morgan fingerprint density at radius 1 is 0.344 bits per heavy atom. The molecule has 5 heteroatoms. The van der Waals surface area contributed by atoms with Gasteiger partial charge in [-0.15, -0.1) is 0 Å². The van der Waals surface area contributed by atoms with Crippen molar-refractivity contribution in [2.75, 3.05) is 9.80 Å². The van der Waals surface area contributed by atoms with E-state index in [4.69, 9.17) is 5.53 Å². The first-order chi connectivity index (χ1) is 30.1. The van der Waals surface area contributed by atoms with Gasteiger partial charge in [-0.1, -0.05) is 163 Å². The van der Waals surface area contributed by atoms with Crippen LogP contribution in [0.3, 0.4) is 0 Å². The maximum absolute atomic E-state index is 8.96. The Morgan fingerprint density at radius 2 is 0.672 bits per heavy atom. The molecule has 0 radical (unpaired) electrons. The molecule has 0 atom stereocenters. The van der Waals surface area contributed by atoms with E-state index in [-0.39, 0.29) is 0 Å². The second-order valence-corrected chi connectivity index (χ2v) is 15.1. The van der Waals surface area contributed by atoms with Crippen LogP contribution in [-0.2, 0) is 6.54 Å². The van der Waals surface area contributed by atoms with E-state index in [2.05, 4.69) is 239 Å². The van der Waals surface area contributed by atoms with Gasteiger partial charge in [0.05, 0.1) is 6.54 Å². The topological polar surface area (TPSA) is 55.2 Å². The molecular weight excluding hydrogens is 743 g/mol. The van der Waals surface area contributed by atoms with Crippen molar-refractivity contribution in [2.24, 2.45) is 5.11 Å². The van der Waals surface area contributed by atoms with Crippen molar-refractivity contribution in [3.8, 4) is 44.5 Å². The standard InChI is InChI=1S/C56H43N5/c1-41-10-8-16-55(38-41)60(51-30-22-47(23-31-51)43-12-4-2-5-13-43)52-34-26-49(27-35-52)45-18-20-46(21-19-45)50-28-36-54(37-29-50)61(56-17-9-11-42(39-56)40-58-59-57)53-32-24-48(25-33-53)44-14-6-3-7-15-44/h2-39H,40H2,1H3. The molecule has 0 aliphatic heterocycles. The van der Waals surface area contributed by atoms with Gasteiger partial charge in [0.25, 0.3) is 0 Å². The van der Waals surface area contributed by atoms with Gasteiger partial charge in [0, 0.05) is 39.0 Å². The number of azide groups is 1. The molecule has 0 aliphatic carbocycles. The zero-order valence-corrected chi connectivity index (χ0v) is 33.9. The number of hydrogen-bond donors (Lipinski definition) is 0. The molecule has 0 saturated carbocycles. The molecule has 0 unspecified atom stereocenters. The minimum absolute atomic E-state index is 0.292. The highest BCUT2D eigenvalue weighted by Gasteiger charge is 2.16. The van der Waals surface area contributed by atoms with Crippen LogP contribution in [0.1, 0.15) is 11.1 Å². The predicted molar refractivity (Wildman–Crippen MR) is 255 cm³/mol. The van der Waals surface area contributed by atoms with E-state index in [0.717, 1.165) is 67.5 Å². The number of hydrogen-bond acceptors (Lipinski definition) is 3. The van der Waals surface area contributed by atoms with Gasteiger partial charge in [-0.25, -0.2) is 0 Å². The smallest absolute Gasteiger partial charge is 0.0511 e. The Morgan fingerprint density at radius 3 is 1.03 bits per heavy atom. The third kappa shape index (κ3) is 8.69. The van der Waals surface area contributed by atoms with Crippen molar-refractivity contribution in [1.82, 2.24) is 0 Å². The quantitative estimate of drug-likeness (QED) is 0.0704. The normalized spacial score (nSPS) is 10.8. The second-order valence-electron chi connectivity index (χ2n) is 15.1. The van der Waals surface area contributed by atoms with Crippen LogP contribution in [-0.4, -0.2) is 0 Å². The highest BCUT2D eigenvalue weighted by molar-refractivity contribution is 5.82. The average Bonchev–Trinajstić information content (AvgIpc) is 3.33. The van der Waals surface area contributed by atoms with Gasteiger partial charge < -0.3 is 9.80 Å². The molecule has 61 heavy (non-hydrogen) atoms. The fourth-order valence-corrected chi connectivity index (χ4v) is 7.90. The Balaban J connectivity index is 0.966. The molecule has 9 aromatic carbocycles. The maximum atomic E-state index is 8.96. The zero-order chi connectivity index (χ0) is 41.4. The van der Waals surface area contributed by atoms with Crippen molar-refractivity contribution in [3.63, 3.8) is 0 Å². The van der Waals surface area contributed by atoms with Gasteiger partial charge >= 0.3 is 0 Å². The summed E-state index contributed by atoms with van der Waals surface area (Å²) in [6.45, 7) is 2.43. The van der Waals surface area contributed by atoms with Crippen LogP contribution < -0.4 is 9.80 Å². The third-order valence-electron chi connectivity index (χ3n) is 11.0. The molecule has 0 bridgehead atoms. The van der Waals surface area contributed by atoms with Gasteiger partial charge in [0.15, 0.2) is 0 Å². The second kappa shape index (κ2) is 17.8. The number of aryl methyl sites for hydroxylation is 1. The average molecular weight is 786 g/mol. The monoisotopic (exact) mass is 785 g/mol. The van der Waals surface area contributed by atoms with Crippen molar-refractivity contribution >= 4 is 34.1 Å². The summed E-state index contributed by atoms with van der Waals surface area (Å²) in [5.41, 5.74) is 26.8. The molecule has 0 aromatic heterocycles. The minimum atomic E-state index is 0.292. The summed E-state index contributed by atoms with van der Waals surface area (Å²) in [6, 6.07) is 81.6. The van der Waals surface area contributed by atoms with Crippen LogP contribution in [0.15, 0.2) is 236 Å². The molecular formula is C56H43N5. The summed E-state index contributed by atoms with van der Waals surface area (Å²) >= 11 is 0. The van der Waals surface area contributed by atoms with E-state index >= 15 is 0 Å². The molecule has 292 valence electrons. The lowest BCUT2D eigenvalue weighted by Crippen LogP contribution is -2.10. The van der Waals surface area contributed by atoms with Crippen LogP contribution in [0.25, 0.3) is 55.0 Å². The van der Waals surface area contributed by atoms with Gasteiger partial charge in [0.1, 0.15) is 0 Å². The lowest BCUT2D eigenvalue weighted by molar-refractivity contribution is 1.04. The van der Waals surface area contributed by atoms with E-state index in [1.165, 1.54) is 22.3 Å². The molecule has 0 saturated heterocycles. The molecule has 5 nitrogen and oxygen atoms in total. The largest absolute Gasteiger partial charge is 0.310 e. The molecule has 0 N–H and O–H groups in total. The first-order valence-corrected chi connectivity index (χ1v) is 20.5. The fourth-order valence-electron chi connectivity index (χ4n) is 7.90. The lowest BCUT2D eigenvalue weighted by atomic mass is 9.99. The van der Waals surface area contributed by atoms with Gasteiger partial charge in [-0.3, -0.25) is 0 Å². The highest BCUT2D eigenvalue weighted by Crippen LogP contribution is 2.39. The van der Waals surface area contributed by atoms with Crippen LogP contribution in [0.5, 0.6) is 0 Å². The molecule has 0 heterocycles. The number of anilines is 6. The van der Waals surface area contributed by atoms with Gasteiger partial charge in [-0.2, -0.15) is 0 Å². The molecule has 9 rings (SSSR count). The molecule has 0 fully saturated rings. The van der Waals surface area contributed by atoms with E-state index < -0.39 is 0 Å². The predicted octanol–water partition coefficient (Wildman–Crippen LogP) is 16.4. The lowest BCUT2D eigenvalue weighted by Gasteiger charge is -2.26. The van der Waals surface area contributed by atoms with E-state index in [1.807, 2.05) is 18.2 Å². The Bertz CT molecular complexity index is 2900. The van der Waals surface area contributed by atoms with Crippen molar-refractivity contribution in [3.05, 3.63) is 252 Å². The number of nitrogens with zero attached hydrogens (tertiary/aromatic N) is 5. The molecule has 9 aromatic rings. The Labute approximate surface area is 357 Å². The first kappa shape index (κ1) is 38.4. The summed E-state index contributed by atoms with van der Waals surface area (Å²) in [7, 11) is 0. The summed E-state index contributed by atoms with van der Waals surface area (Å²) in [6.07, 6.45) is 0. The first-order valence-electron chi connectivity index (χ1n) is 20.5. The van der Waals surface area contributed by atoms with Gasteiger partial charge in [0.2, 0.25) is 0 Å². The Kier molecular flexibility index (Phi) is 11.2. The molecule has 0 aliphatic rings. The summed E-state index contributed by atoms with van der Waals surface area (Å²) < 4.78 is 0. The van der Waals surface area contributed by atoms with Crippen molar-refractivity contribution in [2.45, 2.75) is 13.5 Å². The number of benzene rings is 9. The maximum Gasteiger partial charge on any atom is 0.0511 e. The van der Waals surface area contributed by atoms with E-state index in [1.54, 1.807) is 0 Å². The number of rotatable bonds is 12. The van der Waals surface area contributed by atoms with Crippen LogP contribution in [0.4, 0.5) is 34.1 Å². The molecule has 0 spiro atoms. The van der Waals surface area contributed by atoms with Gasteiger partial charge in [-0.05, 0) is 141 Å². The van der Waals surface area contributed by atoms with Crippen LogP contribution in [0.2, 0.25) is 0 Å². The van der Waals surface area contributed by atoms with Crippen molar-refractivity contribution < 1.29 is 0 Å². The SMILES string of the molecule is Cc1cccc(N(c2ccc(-c3ccccc3)cc2)c2ccc(-c3ccc(-c4ccc(N(c5ccc(-c6ccccc6)cc5)c5cccc(CN=[N+]=[N-])c5)cc4)cc3)cc2)c1.